The number of aliphatic hydroxyl groups is 3. The van der Waals surface area contributed by atoms with Crippen molar-refractivity contribution in [2.24, 2.45) is 17.6 Å². The Bertz CT molecular complexity index is 1500. The van der Waals surface area contributed by atoms with Crippen molar-refractivity contribution in [1.82, 2.24) is 4.57 Å². The zero-order valence-electron chi connectivity index (χ0n) is 20.8. The molecule has 1 amide bonds. The van der Waals surface area contributed by atoms with Gasteiger partial charge in [-0.2, -0.15) is 0 Å². The van der Waals surface area contributed by atoms with Crippen LogP contribution in [0, 0.1) is 11.8 Å². The molecule has 3 aliphatic rings. The summed E-state index contributed by atoms with van der Waals surface area (Å²) in [6.45, 7) is 0.160. The molecule has 1 aromatic carbocycles. The summed E-state index contributed by atoms with van der Waals surface area (Å²) in [6.07, 6.45) is 3.88. The zero-order chi connectivity index (χ0) is 27.7. The third-order valence-electron chi connectivity index (χ3n) is 7.86. The van der Waals surface area contributed by atoms with Crippen LogP contribution in [-0.2, 0) is 27.3 Å². The highest BCUT2D eigenvalue weighted by molar-refractivity contribution is 6.22. The molecule has 0 saturated heterocycles. The molecule has 2 aromatic rings. The molecule has 6 N–H and O–H groups in total. The number of aromatic nitrogens is 1. The smallest absolute Gasteiger partial charge is 0.255 e. The van der Waals surface area contributed by atoms with Gasteiger partial charge in [0.1, 0.15) is 22.8 Å². The largest absolute Gasteiger partial charge is 0.508 e. The highest BCUT2D eigenvalue weighted by atomic mass is 16.3. The molecule has 0 aliphatic heterocycles. The molecule has 38 heavy (non-hydrogen) atoms. The van der Waals surface area contributed by atoms with E-state index in [0.717, 1.165) is 0 Å². The van der Waals surface area contributed by atoms with E-state index < -0.39 is 52.0 Å². The molecule has 1 heterocycles. The van der Waals surface area contributed by atoms with Gasteiger partial charge in [0.05, 0.1) is 12.1 Å². The topological polar surface area (TPSA) is 183 Å². The molecule has 0 bridgehead atoms. The van der Waals surface area contributed by atoms with E-state index in [-0.39, 0.29) is 42.7 Å². The Morgan fingerprint density at radius 3 is 2.55 bits per heavy atom. The molecule has 11 heteroatoms. The number of rotatable bonds is 5. The third-order valence-corrected chi connectivity index (χ3v) is 7.86. The van der Waals surface area contributed by atoms with Gasteiger partial charge in [0.15, 0.2) is 17.7 Å². The number of Topliss-reactive ketones (excluding diaryl/α,β-unsaturated/α-hetero) is 2. The van der Waals surface area contributed by atoms with Crippen molar-refractivity contribution in [1.29, 1.82) is 0 Å². The lowest BCUT2D eigenvalue weighted by molar-refractivity contribution is -0.147. The highest BCUT2D eigenvalue weighted by Gasteiger charge is 2.60. The van der Waals surface area contributed by atoms with E-state index in [1.165, 1.54) is 0 Å². The Kier molecular flexibility index (Phi) is 5.71. The number of nitrogens with two attached hydrogens (primary N) is 1. The first-order valence-electron chi connectivity index (χ1n) is 12.0. The normalized spacial score (nSPS) is 24.6. The predicted octanol–water partition coefficient (Wildman–Crippen LogP) is 1.15. The number of aromatic hydroxyl groups is 1. The van der Waals surface area contributed by atoms with Crippen LogP contribution in [0.1, 0.15) is 39.9 Å². The summed E-state index contributed by atoms with van der Waals surface area (Å²) in [6, 6.07) is 3.39. The number of carbonyl (C=O) groups is 4. The van der Waals surface area contributed by atoms with Crippen LogP contribution in [0.4, 0.5) is 5.69 Å². The van der Waals surface area contributed by atoms with Gasteiger partial charge in [-0.15, -0.1) is 0 Å². The molecular weight excluding hydrogens is 494 g/mol. The summed E-state index contributed by atoms with van der Waals surface area (Å²) in [5.74, 6) is -6.61. The molecule has 1 fully saturated rings. The number of nitrogens with zero attached hydrogens (tertiary/aromatic N) is 2. The van der Waals surface area contributed by atoms with E-state index in [0.29, 0.717) is 28.7 Å². The van der Waals surface area contributed by atoms with E-state index in [1.807, 2.05) is 4.90 Å². The maximum Gasteiger partial charge on any atom is 0.255 e. The number of fused-ring (bicyclic) bond motifs is 3. The first-order valence-corrected chi connectivity index (χ1v) is 12.0. The first-order chi connectivity index (χ1) is 17.9. The Hall–Kier alpha value is -4.38. The number of phenols is 1. The minimum Gasteiger partial charge on any atom is -0.508 e. The van der Waals surface area contributed by atoms with E-state index in [9.17, 15) is 39.6 Å². The second-order valence-corrected chi connectivity index (χ2v) is 10.3. The zero-order valence-corrected chi connectivity index (χ0v) is 20.8. The Morgan fingerprint density at radius 1 is 1.24 bits per heavy atom. The summed E-state index contributed by atoms with van der Waals surface area (Å²) in [4.78, 5) is 50.9. The van der Waals surface area contributed by atoms with Crippen molar-refractivity contribution in [3.8, 4) is 5.75 Å². The van der Waals surface area contributed by atoms with Crippen LogP contribution in [0.15, 0.2) is 41.4 Å². The molecule has 1 aromatic heterocycles. The quantitative estimate of drug-likeness (QED) is 0.284. The van der Waals surface area contributed by atoms with Crippen molar-refractivity contribution in [2.75, 3.05) is 19.0 Å². The van der Waals surface area contributed by atoms with Crippen LogP contribution >= 0.6 is 0 Å². The number of primary amides is 1. The number of aliphatic hydroxyl groups excluding tert-OH is 2. The lowest BCUT2D eigenvalue weighted by atomic mass is 9.59. The average molecular weight is 522 g/mol. The van der Waals surface area contributed by atoms with E-state index in [4.69, 9.17) is 5.73 Å². The van der Waals surface area contributed by atoms with Crippen molar-refractivity contribution in [3.05, 3.63) is 63.7 Å². The molecule has 5 rings (SSSR count). The maximum atomic E-state index is 13.7. The summed E-state index contributed by atoms with van der Waals surface area (Å²) >= 11 is 0. The van der Waals surface area contributed by atoms with E-state index >= 15 is 0 Å². The molecule has 1 saturated carbocycles. The molecule has 3 aliphatic carbocycles. The first kappa shape index (κ1) is 25.3. The lowest BCUT2D eigenvalue weighted by Crippen LogP contribution is -2.58. The SMILES string of the molecule is CN(C)c1cc(Cn2ccc(C=O)c2)c(O)c2c1CC1CC3CC(=O)C(C(N)=O)=C(O)C3(O)C(=O)C1=C2O. The van der Waals surface area contributed by atoms with E-state index in [1.54, 1.807) is 43.2 Å². The Morgan fingerprint density at radius 2 is 1.95 bits per heavy atom. The molecular formula is C27H27N3O8. The fourth-order valence-corrected chi connectivity index (χ4v) is 6.07. The van der Waals surface area contributed by atoms with Crippen LogP contribution in [0.3, 0.4) is 0 Å². The number of hydrogen-bond donors (Lipinski definition) is 5. The number of amides is 1. The van der Waals surface area contributed by atoms with Gasteiger partial charge >= 0.3 is 0 Å². The number of anilines is 1. The minimum absolute atomic E-state index is 0.0288. The van der Waals surface area contributed by atoms with Crippen LogP contribution in [0.5, 0.6) is 5.75 Å². The van der Waals surface area contributed by atoms with Crippen LogP contribution in [-0.4, -0.2) is 68.4 Å². The van der Waals surface area contributed by atoms with Crippen molar-refractivity contribution in [2.45, 2.75) is 31.4 Å². The summed E-state index contributed by atoms with van der Waals surface area (Å²) in [5.41, 5.74) is 3.77. The van der Waals surface area contributed by atoms with Gasteiger partial charge in [-0.05, 0) is 36.5 Å². The average Bonchev–Trinajstić information content (AvgIpc) is 3.30. The second kappa shape index (κ2) is 8.59. The Balaban J connectivity index is 1.68. The van der Waals surface area contributed by atoms with E-state index in [2.05, 4.69) is 0 Å². The van der Waals surface area contributed by atoms with Gasteiger partial charge in [-0.3, -0.25) is 19.2 Å². The molecule has 198 valence electrons. The molecule has 0 spiro atoms. The monoisotopic (exact) mass is 521 g/mol. The standard InChI is InChI=1S/C27H27N3O8/c1-29(2)17-7-14(10-30-4-3-12(9-30)11-31)22(33)20-16(17)6-13-5-15-8-18(32)21(26(28)37)25(36)27(15,38)24(35)19(13)23(20)34/h3-4,7,9,11,13,15,33-34,36,38H,5-6,8,10H2,1-2H3,(H2,28,37). The maximum absolute atomic E-state index is 13.7. The molecule has 11 nitrogen and oxygen atoms in total. The number of aldehydes is 1. The third kappa shape index (κ3) is 3.46. The minimum atomic E-state index is -2.61. The van der Waals surface area contributed by atoms with Crippen molar-refractivity contribution >= 4 is 35.2 Å². The van der Waals surface area contributed by atoms with Crippen LogP contribution in [0.2, 0.25) is 0 Å². The number of ketones is 2. The summed E-state index contributed by atoms with van der Waals surface area (Å²) in [7, 11) is 3.59. The van der Waals surface area contributed by atoms with Crippen LogP contribution < -0.4 is 10.6 Å². The highest BCUT2D eigenvalue weighted by Crippen LogP contribution is 2.53. The van der Waals surface area contributed by atoms with Gasteiger partial charge in [-0.25, -0.2) is 0 Å². The van der Waals surface area contributed by atoms with Gasteiger partial charge < -0.3 is 35.6 Å². The number of benzene rings is 1. The van der Waals surface area contributed by atoms with Gasteiger partial charge in [0, 0.05) is 61.2 Å². The van der Waals surface area contributed by atoms with Gasteiger partial charge in [0.2, 0.25) is 5.78 Å². The van der Waals surface area contributed by atoms with Crippen molar-refractivity contribution < 1.29 is 39.6 Å². The second-order valence-electron chi connectivity index (χ2n) is 10.3. The number of phenolic OH excluding ortho intramolecular Hbond substituents is 1. The predicted molar refractivity (Wildman–Crippen MR) is 135 cm³/mol. The van der Waals surface area contributed by atoms with Crippen molar-refractivity contribution in [3.63, 3.8) is 0 Å². The Labute approximate surface area is 217 Å². The molecule has 0 radical (unpaired) electrons. The summed E-state index contributed by atoms with van der Waals surface area (Å²) in [5, 5.41) is 44.8. The molecule has 3 atom stereocenters. The number of carbonyl (C=O) groups excluding carboxylic acids is 4. The van der Waals surface area contributed by atoms with Crippen LogP contribution in [0.25, 0.3) is 5.76 Å². The number of hydrogen-bond acceptors (Lipinski definition) is 9. The molecule has 3 unspecified atom stereocenters. The van der Waals surface area contributed by atoms with Gasteiger partial charge in [-0.1, -0.05) is 0 Å². The lowest BCUT2D eigenvalue weighted by Gasteiger charge is -2.46. The fourth-order valence-electron chi connectivity index (χ4n) is 6.07. The summed E-state index contributed by atoms with van der Waals surface area (Å²) < 4.78 is 1.69. The fraction of sp³-hybridized carbons (Fsp3) is 0.333. The van der Waals surface area contributed by atoms with Gasteiger partial charge in [0.25, 0.3) is 5.91 Å².